The van der Waals surface area contributed by atoms with Gasteiger partial charge in [0.1, 0.15) is 11.6 Å². The molecular weight excluding hydrogens is 384 g/mol. The van der Waals surface area contributed by atoms with Crippen LogP contribution in [0.1, 0.15) is 16.8 Å². The van der Waals surface area contributed by atoms with Crippen molar-refractivity contribution in [1.29, 1.82) is 0 Å². The lowest BCUT2D eigenvalue weighted by atomic mass is 10.2. The number of amides is 1. The third-order valence-electron chi connectivity index (χ3n) is 3.84. The monoisotopic (exact) mass is 401 g/mol. The van der Waals surface area contributed by atoms with Gasteiger partial charge in [0.15, 0.2) is 5.16 Å². The Kier molecular flexibility index (Phi) is 6.54. The number of aromatic amines is 1. The summed E-state index contributed by atoms with van der Waals surface area (Å²) < 4.78 is 26.6. The van der Waals surface area contributed by atoms with Gasteiger partial charge in [0.25, 0.3) is 5.56 Å². The number of nitrogens with zero attached hydrogens (tertiary/aromatic N) is 1. The first-order valence-corrected chi connectivity index (χ1v) is 9.46. The van der Waals surface area contributed by atoms with Gasteiger partial charge in [0.2, 0.25) is 5.91 Å². The molecule has 28 heavy (non-hydrogen) atoms. The van der Waals surface area contributed by atoms with E-state index in [1.165, 1.54) is 36.0 Å². The van der Waals surface area contributed by atoms with Gasteiger partial charge in [-0.3, -0.25) is 9.59 Å². The first kappa shape index (κ1) is 19.8. The Morgan fingerprint density at radius 3 is 2.61 bits per heavy atom. The van der Waals surface area contributed by atoms with E-state index < -0.39 is 0 Å². The van der Waals surface area contributed by atoms with Gasteiger partial charge in [-0.05, 0) is 29.3 Å². The molecule has 2 aromatic carbocycles. The van der Waals surface area contributed by atoms with E-state index in [9.17, 15) is 18.4 Å². The van der Waals surface area contributed by atoms with Gasteiger partial charge in [0.05, 0.1) is 12.1 Å². The number of rotatable bonds is 7. The maximum atomic E-state index is 13.7. The molecule has 0 unspecified atom stereocenters. The van der Waals surface area contributed by atoms with Crippen molar-refractivity contribution in [2.24, 2.45) is 0 Å². The Hall–Kier alpha value is -3.00. The number of H-pyrrole nitrogens is 1. The van der Waals surface area contributed by atoms with E-state index >= 15 is 0 Å². The first-order chi connectivity index (χ1) is 13.5. The average molecular weight is 401 g/mol. The predicted molar refractivity (Wildman–Crippen MR) is 103 cm³/mol. The number of nitrogens with one attached hydrogen (secondary N) is 2. The molecular formula is C20H17F2N3O2S. The van der Waals surface area contributed by atoms with E-state index in [4.69, 9.17) is 0 Å². The topological polar surface area (TPSA) is 74.8 Å². The molecule has 0 aliphatic heterocycles. The lowest BCUT2D eigenvalue weighted by molar-refractivity contribution is -0.120. The van der Waals surface area contributed by atoms with Crippen molar-refractivity contribution in [3.8, 4) is 0 Å². The maximum Gasteiger partial charge on any atom is 0.251 e. The third kappa shape index (κ3) is 5.75. The SMILES string of the molecule is O=C(Cc1cc(=O)[nH]c(SCc2ccccc2F)n1)NCc1ccc(F)cc1. The van der Waals surface area contributed by atoms with E-state index in [-0.39, 0.29) is 36.1 Å². The van der Waals surface area contributed by atoms with Crippen LogP contribution in [-0.2, 0) is 23.5 Å². The Morgan fingerprint density at radius 2 is 1.86 bits per heavy atom. The fourth-order valence-corrected chi connectivity index (χ4v) is 3.31. The Labute approximate surface area is 164 Å². The van der Waals surface area contributed by atoms with Crippen molar-refractivity contribution in [2.45, 2.75) is 23.9 Å². The first-order valence-electron chi connectivity index (χ1n) is 8.47. The molecule has 0 saturated heterocycles. The van der Waals surface area contributed by atoms with Crippen molar-refractivity contribution in [2.75, 3.05) is 0 Å². The number of hydrogen-bond acceptors (Lipinski definition) is 4. The second-order valence-electron chi connectivity index (χ2n) is 6.00. The fourth-order valence-electron chi connectivity index (χ4n) is 2.43. The van der Waals surface area contributed by atoms with Crippen LogP contribution in [0.4, 0.5) is 8.78 Å². The number of carbonyl (C=O) groups excluding carboxylic acids is 1. The highest BCUT2D eigenvalue weighted by atomic mass is 32.2. The summed E-state index contributed by atoms with van der Waals surface area (Å²) >= 11 is 1.18. The Bertz CT molecular complexity index is 1020. The van der Waals surface area contributed by atoms with Crippen LogP contribution in [-0.4, -0.2) is 15.9 Å². The lowest BCUT2D eigenvalue weighted by Crippen LogP contribution is -2.25. The van der Waals surface area contributed by atoms with Crippen LogP contribution in [0.15, 0.2) is 64.5 Å². The van der Waals surface area contributed by atoms with Gasteiger partial charge in [-0.15, -0.1) is 0 Å². The molecule has 0 saturated carbocycles. The zero-order valence-electron chi connectivity index (χ0n) is 14.7. The minimum absolute atomic E-state index is 0.0711. The van der Waals surface area contributed by atoms with Crippen LogP contribution >= 0.6 is 11.8 Å². The average Bonchev–Trinajstić information content (AvgIpc) is 2.66. The lowest BCUT2D eigenvalue weighted by Gasteiger charge is -2.07. The highest BCUT2D eigenvalue weighted by molar-refractivity contribution is 7.98. The molecule has 3 rings (SSSR count). The predicted octanol–water partition coefficient (Wildman–Crippen LogP) is 3.20. The van der Waals surface area contributed by atoms with E-state index in [1.807, 2.05) is 0 Å². The maximum absolute atomic E-state index is 13.7. The Balaban J connectivity index is 1.59. The van der Waals surface area contributed by atoms with Crippen LogP contribution in [0.5, 0.6) is 0 Å². The summed E-state index contributed by atoms with van der Waals surface area (Å²) in [4.78, 5) is 30.8. The van der Waals surface area contributed by atoms with Gasteiger partial charge >= 0.3 is 0 Å². The molecule has 1 amide bonds. The number of halogens is 2. The van der Waals surface area contributed by atoms with E-state index in [0.29, 0.717) is 22.2 Å². The molecule has 144 valence electrons. The van der Waals surface area contributed by atoms with Gasteiger partial charge in [0, 0.05) is 18.4 Å². The minimum Gasteiger partial charge on any atom is -0.352 e. The van der Waals surface area contributed by atoms with Crippen molar-refractivity contribution in [1.82, 2.24) is 15.3 Å². The van der Waals surface area contributed by atoms with Crippen LogP contribution in [0.3, 0.4) is 0 Å². The van der Waals surface area contributed by atoms with Crippen LogP contribution < -0.4 is 10.9 Å². The third-order valence-corrected chi connectivity index (χ3v) is 4.76. The Morgan fingerprint density at radius 1 is 1.11 bits per heavy atom. The van der Waals surface area contributed by atoms with Gasteiger partial charge in [-0.25, -0.2) is 13.8 Å². The van der Waals surface area contributed by atoms with E-state index in [2.05, 4.69) is 15.3 Å². The standard InChI is InChI=1S/C20H17F2N3O2S/c21-15-7-5-13(6-8-15)11-23-18(26)9-16-10-19(27)25-20(24-16)28-12-14-3-1-2-4-17(14)22/h1-8,10H,9,11-12H2,(H,23,26)(H,24,25,27). The van der Waals surface area contributed by atoms with Crippen molar-refractivity contribution in [3.05, 3.63) is 93.4 Å². The number of aromatic nitrogens is 2. The fraction of sp³-hybridized carbons (Fsp3) is 0.150. The zero-order chi connectivity index (χ0) is 19.9. The summed E-state index contributed by atoms with van der Waals surface area (Å²) in [5.74, 6) is -0.681. The normalized spacial score (nSPS) is 10.6. The molecule has 0 spiro atoms. The molecule has 0 aliphatic rings. The number of benzene rings is 2. The van der Waals surface area contributed by atoms with Crippen LogP contribution in [0.2, 0.25) is 0 Å². The number of carbonyl (C=O) groups is 1. The number of thioether (sulfide) groups is 1. The molecule has 1 heterocycles. The zero-order valence-corrected chi connectivity index (χ0v) is 15.6. The van der Waals surface area contributed by atoms with Gasteiger partial charge in [-0.2, -0.15) is 0 Å². The van der Waals surface area contributed by atoms with Crippen LogP contribution in [0, 0.1) is 11.6 Å². The van der Waals surface area contributed by atoms with Crippen molar-refractivity contribution >= 4 is 17.7 Å². The summed E-state index contributed by atoms with van der Waals surface area (Å²) in [5, 5.41) is 3.02. The summed E-state index contributed by atoms with van der Waals surface area (Å²) in [7, 11) is 0. The smallest absolute Gasteiger partial charge is 0.251 e. The van der Waals surface area contributed by atoms with Gasteiger partial charge < -0.3 is 10.3 Å². The molecule has 3 aromatic rings. The molecule has 2 N–H and O–H groups in total. The van der Waals surface area contributed by atoms with Crippen LogP contribution in [0.25, 0.3) is 0 Å². The minimum atomic E-state index is -0.382. The van der Waals surface area contributed by atoms with Gasteiger partial charge in [-0.1, -0.05) is 42.1 Å². The summed E-state index contributed by atoms with van der Waals surface area (Å²) in [5.41, 5.74) is 1.19. The second kappa shape index (κ2) is 9.27. The molecule has 0 aliphatic carbocycles. The molecule has 0 radical (unpaired) electrons. The summed E-state index contributed by atoms with van der Waals surface area (Å²) in [6.07, 6.45) is -0.0711. The highest BCUT2D eigenvalue weighted by Crippen LogP contribution is 2.20. The molecule has 0 fully saturated rings. The molecule has 8 heteroatoms. The van der Waals surface area contributed by atoms with Crippen molar-refractivity contribution in [3.63, 3.8) is 0 Å². The molecule has 5 nitrogen and oxygen atoms in total. The van der Waals surface area contributed by atoms with E-state index in [1.54, 1.807) is 30.3 Å². The summed E-state index contributed by atoms with van der Waals surface area (Å²) in [6, 6.07) is 13.4. The van der Waals surface area contributed by atoms with E-state index in [0.717, 1.165) is 5.56 Å². The molecule has 1 aromatic heterocycles. The quantitative estimate of drug-likeness (QED) is 0.471. The largest absolute Gasteiger partial charge is 0.352 e. The molecule has 0 atom stereocenters. The number of hydrogen-bond donors (Lipinski definition) is 2. The van der Waals surface area contributed by atoms with Crippen molar-refractivity contribution < 1.29 is 13.6 Å². The molecule has 0 bridgehead atoms. The highest BCUT2D eigenvalue weighted by Gasteiger charge is 2.09. The second-order valence-corrected chi connectivity index (χ2v) is 6.97. The summed E-state index contributed by atoms with van der Waals surface area (Å²) in [6.45, 7) is 0.247.